The second-order valence-electron chi connectivity index (χ2n) is 9.38. The fourth-order valence-corrected chi connectivity index (χ4v) is 3.08. The van der Waals surface area contributed by atoms with Crippen LogP contribution >= 0.6 is 24.0 Å². The van der Waals surface area contributed by atoms with Crippen LogP contribution in [-0.4, -0.2) is 50.5 Å². The van der Waals surface area contributed by atoms with Crippen LogP contribution in [0.3, 0.4) is 0 Å². The highest BCUT2D eigenvalue weighted by Gasteiger charge is 2.25. The lowest BCUT2D eigenvalue weighted by atomic mass is 10.1. The van der Waals surface area contributed by atoms with Crippen molar-refractivity contribution in [2.45, 2.75) is 91.0 Å². The third-order valence-electron chi connectivity index (χ3n) is 4.79. The van der Waals surface area contributed by atoms with Gasteiger partial charge in [0.05, 0.1) is 5.54 Å². The largest absolute Gasteiger partial charge is 0.444 e. The van der Waals surface area contributed by atoms with E-state index in [9.17, 15) is 4.79 Å². The van der Waals surface area contributed by atoms with Crippen LogP contribution in [0.2, 0.25) is 0 Å². The van der Waals surface area contributed by atoms with Crippen LogP contribution in [0.25, 0.3) is 0 Å². The predicted molar refractivity (Wildman–Crippen MR) is 129 cm³/mol. The molecule has 1 aliphatic carbocycles. The zero-order valence-corrected chi connectivity index (χ0v) is 21.7. The summed E-state index contributed by atoms with van der Waals surface area (Å²) in [7, 11) is 1.94. The van der Waals surface area contributed by atoms with Gasteiger partial charge in [0.25, 0.3) is 0 Å². The van der Waals surface area contributed by atoms with Crippen molar-refractivity contribution in [1.82, 2.24) is 30.7 Å². The molecule has 30 heavy (non-hydrogen) atoms. The average Bonchev–Trinajstić information content (AvgIpc) is 3.19. The Labute approximate surface area is 197 Å². The molecule has 0 radical (unpaired) electrons. The Kier molecular flexibility index (Phi) is 9.83. The number of aromatic nitrogens is 3. The van der Waals surface area contributed by atoms with Crippen LogP contribution in [0.1, 0.15) is 72.0 Å². The molecule has 1 amide bonds. The van der Waals surface area contributed by atoms with Crippen molar-refractivity contribution in [1.29, 1.82) is 0 Å². The lowest BCUT2D eigenvalue weighted by molar-refractivity contribution is 0.0474. The summed E-state index contributed by atoms with van der Waals surface area (Å²) in [4.78, 5) is 16.8. The molecule has 0 aliphatic heterocycles. The van der Waals surface area contributed by atoms with E-state index in [-0.39, 0.29) is 24.0 Å². The van der Waals surface area contributed by atoms with Crippen molar-refractivity contribution >= 4 is 36.0 Å². The van der Waals surface area contributed by atoms with E-state index in [1.807, 2.05) is 53.2 Å². The summed E-state index contributed by atoms with van der Waals surface area (Å²) in [6.45, 7) is 12.3. The first kappa shape index (κ1) is 26.4. The number of nitrogens with zero attached hydrogens (tertiary/aromatic N) is 4. The fourth-order valence-electron chi connectivity index (χ4n) is 3.08. The molecule has 0 saturated heterocycles. The molecule has 0 unspecified atom stereocenters. The summed E-state index contributed by atoms with van der Waals surface area (Å²) in [6, 6.07) is 0.421. The number of carbonyl (C=O) groups excluding carboxylic acids is 1. The first-order valence-corrected chi connectivity index (χ1v) is 10.4. The van der Waals surface area contributed by atoms with Gasteiger partial charge in [-0.05, 0) is 54.4 Å². The van der Waals surface area contributed by atoms with Gasteiger partial charge in [0.1, 0.15) is 18.0 Å². The molecule has 10 heteroatoms. The van der Waals surface area contributed by atoms with Gasteiger partial charge in [0.15, 0.2) is 11.8 Å². The Morgan fingerprint density at radius 1 is 1.20 bits per heavy atom. The third kappa shape index (κ3) is 9.05. The molecule has 1 heterocycles. The molecule has 0 atom stereocenters. The van der Waals surface area contributed by atoms with Crippen molar-refractivity contribution in [3.63, 3.8) is 0 Å². The molecule has 0 aromatic carbocycles. The van der Waals surface area contributed by atoms with Crippen LogP contribution in [0.5, 0.6) is 0 Å². The average molecular weight is 535 g/mol. The van der Waals surface area contributed by atoms with Crippen molar-refractivity contribution in [2.24, 2.45) is 12.0 Å². The van der Waals surface area contributed by atoms with Crippen molar-refractivity contribution in [2.75, 3.05) is 6.54 Å². The van der Waals surface area contributed by atoms with Crippen molar-refractivity contribution in [3.8, 4) is 0 Å². The number of amides is 1. The van der Waals surface area contributed by atoms with Crippen molar-refractivity contribution < 1.29 is 9.53 Å². The smallest absolute Gasteiger partial charge is 0.408 e. The molecule has 9 nitrogen and oxygen atoms in total. The van der Waals surface area contributed by atoms with E-state index in [0.29, 0.717) is 19.1 Å². The number of hydrogen-bond donors (Lipinski definition) is 3. The Balaban J connectivity index is 0.00000450. The molecule has 1 aromatic heterocycles. The van der Waals surface area contributed by atoms with Crippen LogP contribution in [0.4, 0.5) is 4.79 Å². The topological polar surface area (TPSA) is 105 Å². The maximum absolute atomic E-state index is 12.1. The molecule has 1 saturated carbocycles. The molecule has 2 rings (SSSR count). The summed E-state index contributed by atoms with van der Waals surface area (Å²) in [5.41, 5.74) is -1.04. The first-order chi connectivity index (χ1) is 13.5. The number of alkyl carbamates (subject to hydrolysis) is 1. The van der Waals surface area contributed by atoms with E-state index < -0.39 is 17.2 Å². The third-order valence-corrected chi connectivity index (χ3v) is 4.79. The minimum Gasteiger partial charge on any atom is -0.444 e. The Bertz CT molecular complexity index is 719. The first-order valence-electron chi connectivity index (χ1n) is 10.4. The van der Waals surface area contributed by atoms with Gasteiger partial charge < -0.3 is 25.3 Å². The number of ether oxygens (including phenoxy) is 1. The Morgan fingerprint density at radius 3 is 2.37 bits per heavy atom. The van der Waals surface area contributed by atoms with E-state index in [1.54, 1.807) is 0 Å². The highest BCUT2D eigenvalue weighted by Crippen LogP contribution is 2.17. The molecule has 1 aromatic rings. The molecular formula is C20H38IN7O2. The molecule has 3 N–H and O–H groups in total. The standard InChI is InChI=1S/C20H37N7O2.HI/c1-14-25-26-16(27(14)7)12-21-17(23-15-10-8-9-11-15)22-13-20(5,6)24-18(28)29-19(2,3)4;/h15H,8-13H2,1-7H3,(H,24,28)(H2,21,22,23);1H. The van der Waals surface area contributed by atoms with E-state index >= 15 is 0 Å². The van der Waals surface area contributed by atoms with Crippen LogP contribution < -0.4 is 16.0 Å². The van der Waals surface area contributed by atoms with E-state index in [0.717, 1.165) is 30.5 Å². The minimum atomic E-state index is -0.529. The van der Waals surface area contributed by atoms with E-state index in [2.05, 4.69) is 26.1 Å². The Hall–Kier alpha value is -1.59. The molecule has 172 valence electrons. The summed E-state index contributed by atoms with van der Waals surface area (Å²) in [5.74, 6) is 2.38. The quantitative estimate of drug-likeness (QED) is 0.294. The lowest BCUT2D eigenvalue weighted by Gasteiger charge is -2.30. The lowest BCUT2D eigenvalue weighted by Crippen LogP contribution is -2.55. The molecule has 1 fully saturated rings. The van der Waals surface area contributed by atoms with Gasteiger partial charge in [-0.2, -0.15) is 0 Å². The van der Waals surface area contributed by atoms with E-state index in [4.69, 9.17) is 9.73 Å². The maximum atomic E-state index is 12.1. The summed E-state index contributed by atoms with van der Waals surface area (Å²) in [5, 5.41) is 18.1. The number of hydrogen-bond acceptors (Lipinski definition) is 5. The maximum Gasteiger partial charge on any atom is 0.408 e. The summed E-state index contributed by atoms with van der Waals surface area (Å²) >= 11 is 0. The number of carbonyl (C=O) groups is 1. The fraction of sp³-hybridized carbons (Fsp3) is 0.800. The van der Waals surface area contributed by atoms with Crippen LogP contribution in [-0.2, 0) is 18.3 Å². The second-order valence-corrected chi connectivity index (χ2v) is 9.38. The zero-order chi connectivity index (χ0) is 21.7. The van der Waals surface area contributed by atoms with Gasteiger partial charge in [-0.3, -0.25) is 0 Å². The van der Waals surface area contributed by atoms with Crippen molar-refractivity contribution in [3.05, 3.63) is 11.6 Å². The van der Waals surface area contributed by atoms with Gasteiger partial charge in [-0.1, -0.05) is 12.8 Å². The second kappa shape index (κ2) is 11.1. The monoisotopic (exact) mass is 535 g/mol. The van der Waals surface area contributed by atoms with Gasteiger partial charge in [0.2, 0.25) is 0 Å². The number of rotatable bonds is 6. The number of aryl methyl sites for hydroxylation is 1. The number of aliphatic imine (C=N–C) groups is 1. The van der Waals surface area contributed by atoms with Crippen LogP contribution in [0, 0.1) is 6.92 Å². The van der Waals surface area contributed by atoms with Gasteiger partial charge >= 0.3 is 6.09 Å². The minimum absolute atomic E-state index is 0. The van der Waals surface area contributed by atoms with E-state index in [1.165, 1.54) is 12.8 Å². The summed E-state index contributed by atoms with van der Waals surface area (Å²) in [6.07, 6.45) is 4.33. The molecule has 0 spiro atoms. The highest BCUT2D eigenvalue weighted by atomic mass is 127. The van der Waals surface area contributed by atoms with Crippen LogP contribution in [0.15, 0.2) is 4.99 Å². The van der Waals surface area contributed by atoms with Gasteiger partial charge in [-0.15, -0.1) is 34.2 Å². The number of guanidine groups is 1. The molecule has 1 aliphatic rings. The summed E-state index contributed by atoms with van der Waals surface area (Å²) < 4.78 is 7.30. The van der Waals surface area contributed by atoms with Gasteiger partial charge in [0, 0.05) is 19.6 Å². The number of halogens is 1. The molecule has 0 bridgehead atoms. The predicted octanol–water partition coefficient (Wildman–Crippen LogP) is 3.02. The SMILES string of the molecule is Cc1nnc(CN=C(NCC(C)(C)NC(=O)OC(C)(C)C)NC2CCCC2)n1C.I. The highest BCUT2D eigenvalue weighted by molar-refractivity contribution is 14.0. The number of nitrogens with one attached hydrogen (secondary N) is 3. The molecular weight excluding hydrogens is 497 g/mol. The normalized spacial score (nSPS) is 15.5. The zero-order valence-electron chi connectivity index (χ0n) is 19.3. The Morgan fingerprint density at radius 2 is 1.83 bits per heavy atom. The van der Waals surface area contributed by atoms with Gasteiger partial charge in [-0.25, -0.2) is 9.79 Å².